The summed E-state index contributed by atoms with van der Waals surface area (Å²) in [6, 6.07) is 8.10. The molecule has 1 aromatic carbocycles. The molecule has 2 saturated heterocycles. The monoisotopic (exact) mass is 277 g/mol. The van der Waals surface area contributed by atoms with Crippen LogP contribution in [0, 0.1) is 0 Å². The molecule has 2 aliphatic heterocycles. The van der Waals surface area contributed by atoms with Gasteiger partial charge in [-0.05, 0) is 18.6 Å². The Morgan fingerprint density at radius 3 is 2.74 bits per heavy atom. The van der Waals surface area contributed by atoms with Gasteiger partial charge in [0, 0.05) is 19.6 Å². The predicted octanol–water partition coefficient (Wildman–Crippen LogP) is 0.949. The van der Waals surface area contributed by atoms with Crippen LogP contribution in [0.5, 0.6) is 0 Å². The number of benzene rings is 1. The van der Waals surface area contributed by atoms with E-state index in [1.54, 1.807) is 0 Å². The van der Waals surface area contributed by atoms with E-state index in [-0.39, 0.29) is 17.0 Å². The third-order valence-electron chi connectivity index (χ3n) is 4.33. The van der Waals surface area contributed by atoms with E-state index in [1.165, 1.54) is 0 Å². The van der Waals surface area contributed by atoms with Crippen molar-refractivity contribution < 1.29 is 8.42 Å². The van der Waals surface area contributed by atoms with Gasteiger partial charge in [-0.15, -0.1) is 0 Å². The number of para-hydroxylation sites is 2. The van der Waals surface area contributed by atoms with Crippen molar-refractivity contribution in [1.82, 2.24) is 9.55 Å². The Morgan fingerprint density at radius 2 is 2.11 bits per heavy atom. The first-order valence-corrected chi connectivity index (χ1v) is 8.17. The van der Waals surface area contributed by atoms with E-state index in [9.17, 15) is 8.42 Å². The lowest BCUT2D eigenvalue weighted by molar-refractivity contribution is 0.584. The smallest absolute Gasteiger partial charge is 0.206 e. The molecule has 0 aliphatic carbocycles. The van der Waals surface area contributed by atoms with Crippen LogP contribution in [-0.4, -0.2) is 41.6 Å². The number of fused-ring (bicyclic) bond motifs is 3. The molecule has 2 atom stereocenters. The first kappa shape index (κ1) is 11.3. The predicted molar refractivity (Wildman–Crippen MR) is 74.0 cm³/mol. The molecule has 0 radical (unpaired) electrons. The first-order valence-electron chi connectivity index (χ1n) is 6.46. The number of sulfone groups is 1. The minimum atomic E-state index is -2.85. The fourth-order valence-electron chi connectivity index (χ4n) is 3.33. The zero-order chi connectivity index (χ0) is 13.2. The summed E-state index contributed by atoms with van der Waals surface area (Å²) in [5.41, 5.74) is 2.05. The summed E-state index contributed by atoms with van der Waals surface area (Å²) in [4.78, 5) is 6.81. The van der Waals surface area contributed by atoms with E-state index in [4.69, 9.17) is 0 Å². The quantitative estimate of drug-likeness (QED) is 0.779. The van der Waals surface area contributed by atoms with E-state index in [0.717, 1.165) is 23.4 Å². The van der Waals surface area contributed by atoms with Crippen molar-refractivity contribution in [2.75, 3.05) is 17.2 Å². The van der Waals surface area contributed by atoms with Gasteiger partial charge in [0.05, 0.1) is 22.0 Å². The molecule has 4 rings (SSSR count). The van der Waals surface area contributed by atoms with Crippen molar-refractivity contribution in [2.45, 2.75) is 17.7 Å². The largest absolute Gasteiger partial charge is 0.337 e. The molecule has 2 bridgehead atoms. The lowest BCUT2D eigenvalue weighted by Gasteiger charge is -2.27. The van der Waals surface area contributed by atoms with Gasteiger partial charge in [-0.25, -0.2) is 13.4 Å². The number of anilines is 1. The molecule has 2 unspecified atom stereocenters. The molecule has 2 aliphatic rings. The second-order valence-electron chi connectivity index (χ2n) is 5.45. The zero-order valence-corrected chi connectivity index (χ0v) is 11.5. The molecule has 0 amide bonds. The van der Waals surface area contributed by atoms with Crippen LogP contribution in [0.1, 0.15) is 6.42 Å². The number of hydrogen-bond donors (Lipinski definition) is 0. The number of hydrogen-bond acceptors (Lipinski definition) is 4. The topological polar surface area (TPSA) is 55.2 Å². The summed E-state index contributed by atoms with van der Waals surface area (Å²) < 4.78 is 25.7. The third-order valence-corrected chi connectivity index (χ3v) is 6.54. The molecule has 1 aromatic heterocycles. The van der Waals surface area contributed by atoms with Crippen LogP contribution < -0.4 is 4.90 Å². The minimum Gasteiger partial charge on any atom is -0.337 e. The fraction of sp³-hybridized carbons (Fsp3) is 0.462. The number of aromatic nitrogens is 2. The van der Waals surface area contributed by atoms with E-state index in [1.807, 2.05) is 31.3 Å². The van der Waals surface area contributed by atoms with E-state index < -0.39 is 9.84 Å². The SMILES string of the molecule is Cn1c(N2CC3CC2CS3(=O)=O)nc2ccccc21. The molecular formula is C13H15N3O2S. The van der Waals surface area contributed by atoms with E-state index in [2.05, 4.69) is 14.5 Å². The van der Waals surface area contributed by atoms with Crippen LogP contribution in [-0.2, 0) is 16.9 Å². The van der Waals surface area contributed by atoms with Gasteiger partial charge in [-0.1, -0.05) is 12.1 Å². The van der Waals surface area contributed by atoms with Gasteiger partial charge < -0.3 is 9.47 Å². The highest BCUT2D eigenvalue weighted by Crippen LogP contribution is 2.36. The van der Waals surface area contributed by atoms with Crippen LogP contribution in [0.25, 0.3) is 11.0 Å². The molecule has 100 valence electrons. The highest BCUT2D eigenvalue weighted by atomic mass is 32.2. The van der Waals surface area contributed by atoms with Crippen molar-refractivity contribution >= 4 is 26.8 Å². The van der Waals surface area contributed by atoms with Gasteiger partial charge in [0.1, 0.15) is 0 Å². The molecule has 2 aromatic rings. The summed E-state index contributed by atoms with van der Waals surface area (Å²) in [5.74, 6) is 1.17. The molecule has 0 spiro atoms. The number of nitrogens with zero attached hydrogens (tertiary/aromatic N) is 3. The molecule has 5 nitrogen and oxygen atoms in total. The summed E-state index contributed by atoms with van der Waals surface area (Å²) in [6.07, 6.45) is 0.755. The van der Waals surface area contributed by atoms with Crippen molar-refractivity contribution in [3.05, 3.63) is 24.3 Å². The maximum Gasteiger partial charge on any atom is 0.206 e. The van der Waals surface area contributed by atoms with Crippen LogP contribution in [0.4, 0.5) is 5.95 Å². The lowest BCUT2D eigenvalue weighted by atomic mass is 10.2. The highest BCUT2D eigenvalue weighted by molar-refractivity contribution is 7.92. The Kier molecular flexibility index (Phi) is 2.08. The van der Waals surface area contributed by atoms with Crippen molar-refractivity contribution in [2.24, 2.45) is 7.05 Å². The second-order valence-corrected chi connectivity index (χ2v) is 7.78. The number of imidazole rings is 1. The molecule has 0 N–H and O–H groups in total. The van der Waals surface area contributed by atoms with Crippen LogP contribution >= 0.6 is 0 Å². The van der Waals surface area contributed by atoms with Crippen molar-refractivity contribution in [3.63, 3.8) is 0 Å². The summed E-state index contributed by atoms with van der Waals surface area (Å²) in [7, 11) is -0.859. The zero-order valence-electron chi connectivity index (χ0n) is 10.7. The summed E-state index contributed by atoms with van der Waals surface area (Å²) >= 11 is 0. The van der Waals surface area contributed by atoms with Gasteiger partial charge in [-0.2, -0.15) is 0 Å². The van der Waals surface area contributed by atoms with Crippen LogP contribution in [0.2, 0.25) is 0 Å². The second kappa shape index (κ2) is 3.50. The normalized spacial score (nSPS) is 28.4. The fourth-order valence-corrected chi connectivity index (χ4v) is 5.36. The number of aryl methyl sites for hydroxylation is 1. The standard InChI is InChI=1S/C13H15N3O2S/c1-15-12-5-3-2-4-11(12)14-13(15)16-7-10-6-9(16)8-19(10,17)18/h2-5,9-10H,6-8H2,1H3. The Labute approximate surface area is 111 Å². The Balaban J connectivity index is 1.79. The van der Waals surface area contributed by atoms with E-state index in [0.29, 0.717) is 6.54 Å². The van der Waals surface area contributed by atoms with Crippen LogP contribution in [0.3, 0.4) is 0 Å². The van der Waals surface area contributed by atoms with Gasteiger partial charge >= 0.3 is 0 Å². The average Bonchev–Trinajstić information content (AvgIpc) is 3.00. The molecule has 6 heteroatoms. The molecule has 19 heavy (non-hydrogen) atoms. The van der Waals surface area contributed by atoms with Crippen LogP contribution in [0.15, 0.2) is 24.3 Å². The van der Waals surface area contributed by atoms with Gasteiger partial charge in [-0.3, -0.25) is 0 Å². The molecule has 3 heterocycles. The molecule has 2 fully saturated rings. The maximum absolute atomic E-state index is 11.8. The highest BCUT2D eigenvalue weighted by Gasteiger charge is 2.49. The molecule has 0 saturated carbocycles. The number of rotatable bonds is 1. The third kappa shape index (κ3) is 1.46. The summed E-state index contributed by atoms with van der Waals surface area (Å²) in [5, 5.41) is -0.197. The molecular weight excluding hydrogens is 262 g/mol. The Hall–Kier alpha value is -1.56. The Morgan fingerprint density at radius 1 is 1.32 bits per heavy atom. The van der Waals surface area contributed by atoms with E-state index >= 15 is 0 Å². The first-order chi connectivity index (χ1) is 9.06. The van der Waals surface area contributed by atoms with Gasteiger partial charge in [0.15, 0.2) is 9.84 Å². The van der Waals surface area contributed by atoms with Crippen molar-refractivity contribution in [1.29, 1.82) is 0 Å². The van der Waals surface area contributed by atoms with Gasteiger partial charge in [0.2, 0.25) is 5.95 Å². The summed E-state index contributed by atoms with van der Waals surface area (Å²) in [6.45, 7) is 0.587. The lowest BCUT2D eigenvalue weighted by Crippen LogP contribution is -2.41. The average molecular weight is 277 g/mol. The van der Waals surface area contributed by atoms with Gasteiger partial charge in [0.25, 0.3) is 0 Å². The Bertz CT molecular complexity index is 765. The van der Waals surface area contributed by atoms with Crippen molar-refractivity contribution in [3.8, 4) is 0 Å². The maximum atomic E-state index is 11.8. The minimum absolute atomic E-state index is 0.102.